The monoisotopic (exact) mass is 404 g/mol. The molecule has 1 N–H and O–H groups in total. The van der Waals surface area contributed by atoms with Crippen molar-refractivity contribution < 1.29 is 18.7 Å². The third kappa shape index (κ3) is 5.32. The third-order valence-corrected chi connectivity index (χ3v) is 4.04. The van der Waals surface area contributed by atoms with Crippen molar-refractivity contribution in [3.63, 3.8) is 0 Å². The first kappa shape index (κ1) is 18.9. The Balaban J connectivity index is 1.47. The van der Waals surface area contributed by atoms with Crippen LogP contribution in [0, 0.1) is 0 Å². The quantitative estimate of drug-likeness (QED) is 0.624. The standard InChI is InChI=1S/C19H14Cl2N2O4/c20-14-5-1-12(2-6-14)16-9-22-17(27-16)11-26-18(24)10-23-19(25)13-3-7-15(21)8-4-13/h1-9H,10-11H2,(H,23,25). The van der Waals surface area contributed by atoms with Crippen molar-refractivity contribution in [2.24, 2.45) is 0 Å². The van der Waals surface area contributed by atoms with Crippen LogP contribution in [0.25, 0.3) is 11.3 Å². The minimum Gasteiger partial charge on any atom is -0.454 e. The van der Waals surface area contributed by atoms with Crippen LogP contribution in [-0.4, -0.2) is 23.4 Å². The van der Waals surface area contributed by atoms with Gasteiger partial charge in [-0.2, -0.15) is 0 Å². The lowest BCUT2D eigenvalue weighted by Gasteiger charge is -2.05. The fourth-order valence-corrected chi connectivity index (χ4v) is 2.43. The number of nitrogens with zero attached hydrogens (tertiary/aromatic N) is 1. The van der Waals surface area contributed by atoms with Crippen LogP contribution in [0.1, 0.15) is 16.2 Å². The van der Waals surface area contributed by atoms with Gasteiger partial charge in [-0.1, -0.05) is 23.2 Å². The van der Waals surface area contributed by atoms with Crippen molar-refractivity contribution in [2.75, 3.05) is 6.54 Å². The van der Waals surface area contributed by atoms with Gasteiger partial charge in [0.15, 0.2) is 12.4 Å². The molecule has 0 saturated carbocycles. The van der Waals surface area contributed by atoms with Gasteiger partial charge in [-0.05, 0) is 48.5 Å². The molecule has 3 rings (SSSR count). The van der Waals surface area contributed by atoms with Crippen molar-refractivity contribution in [1.82, 2.24) is 10.3 Å². The lowest BCUT2D eigenvalue weighted by Crippen LogP contribution is -2.30. The van der Waals surface area contributed by atoms with E-state index in [9.17, 15) is 9.59 Å². The number of amides is 1. The summed E-state index contributed by atoms with van der Waals surface area (Å²) in [5.41, 5.74) is 1.20. The first-order valence-electron chi connectivity index (χ1n) is 7.91. The molecule has 0 spiro atoms. The molecule has 0 aliphatic rings. The Kier molecular flexibility index (Phi) is 6.11. The van der Waals surface area contributed by atoms with Crippen molar-refractivity contribution in [1.29, 1.82) is 0 Å². The van der Waals surface area contributed by atoms with Crippen molar-refractivity contribution in [2.45, 2.75) is 6.61 Å². The third-order valence-electron chi connectivity index (χ3n) is 3.54. The number of carbonyl (C=O) groups excluding carboxylic acids is 2. The molecule has 1 heterocycles. The molecule has 6 nitrogen and oxygen atoms in total. The molecule has 1 aromatic heterocycles. The number of halogens is 2. The molecule has 0 unspecified atom stereocenters. The number of esters is 1. The largest absolute Gasteiger partial charge is 0.454 e. The van der Waals surface area contributed by atoms with Crippen molar-refractivity contribution >= 4 is 35.1 Å². The molecule has 0 bridgehead atoms. The van der Waals surface area contributed by atoms with Crippen molar-refractivity contribution in [3.8, 4) is 11.3 Å². The number of hydrogen-bond donors (Lipinski definition) is 1. The summed E-state index contributed by atoms with van der Waals surface area (Å²) in [7, 11) is 0. The van der Waals surface area contributed by atoms with Crippen LogP contribution in [0.15, 0.2) is 59.1 Å². The van der Waals surface area contributed by atoms with E-state index < -0.39 is 11.9 Å². The molecule has 0 aliphatic heterocycles. The highest BCUT2D eigenvalue weighted by Crippen LogP contribution is 2.22. The van der Waals surface area contributed by atoms with Gasteiger partial charge in [-0.3, -0.25) is 9.59 Å². The summed E-state index contributed by atoms with van der Waals surface area (Å²) in [6, 6.07) is 13.4. The number of benzene rings is 2. The van der Waals surface area contributed by atoms with Gasteiger partial charge in [-0.25, -0.2) is 4.98 Å². The summed E-state index contributed by atoms with van der Waals surface area (Å²) in [5, 5.41) is 3.61. The molecule has 27 heavy (non-hydrogen) atoms. The fraction of sp³-hybridized carbons (Fsp3) is 0.105. The van der Waals surface area contributed by atoms with Crippen LogP contribution in [0.3, 0.4) is 0 Å². The van der Waals surface area contributed by atoms with Gasteiger partial charge in [0, 0.05) is 21.2 Å². The van der Waals surface area contributed by atoms with Crippen LogP contribution in [0.4, 0.5) is 0 Å². The Hall–Kier alpha value is -2.83. The molecule has 0 aliphatic carbocycles. The summed E-state index contributed by atoms with van der Waals surface area (Å²) in [5.74, 6) is -0.223. The average Bonchev–Trinajstić information content (AvgIpc) is 3.14. The minimum atomic E-state index is -0.608. The lowest BCUT2D eigenvalue weighted by atomic mass is 10.2. The summed E-state index contributed by atoms with van der Waals surface area (Å²) in [6.45, 7) is -0.407. The number of ether oxygens (including phenoxy) is 1. The second-order valence-electron chi connectivity index (χ2n) is 5.48. The predicted molar refractivity (Wildman–Crippen MR) is 101 cm³/mol. The van der Waals surface area contributed by atoms with E-state index in [0.717, 1.165) is 5.56 Å². The number of hydrogen-bond acceptors (Lipinski definition) is 5. The second kappa shape index (κ2) is 8.70. The maximum atomic E-state index is 11.9. The Morgan fingerprint density at radius 3 is 2.30 bits per heavy atom. The number of rotatable bonds is 6. The topological polar surface area (TPSA) is 81.4 Å². The normalized spacial score (nSPS) is 10.4. The second-order valence-corrected chi connectivity index (χ2v) is 6.35. The Bertz CT molecular complexity index is 937. The Morgan fingerprint density at radius 2 is 1.63 bits per heavy atom. The highest BCUT2D eigenvalue weighted by Gasteiger charge is 2.11. The van der Waals surface area contributed by atoms with E-state index in [1.807, 2.05) is 0 Å². The molecular weight excluding hydrogens is 391 g/mol. The SMILES string of the molecule is O=C(CNC(=O)c1ccc(Cl)cc1)OCc1ncc(-c2ccc(Cl)cc2)o1. The van der Waals surface area contributed by atoms with Crippen LogP contribution in [0.5, 0.6) is 0 Å². The molecule has 0 fully saturated rings. The Labute approximate surface area is 165 Å². The lowest BCUT2D eigenvalue weighted by molar-refractivity contribution is -0.144. The molecular formula is C19H14Cl2N2O4. The average molecular weight is 405 g/mol. The van der Waals surface area contributed by atoms with Gasteiger partial charge < -0.3 is 14.5 Å². The molecule has 0 atom stereocenters. The summed E-state index contributed by atoms with van der Waals surface area (Å²) in [6.07, 6.45) is 1.54. The van der Waals surface area contributed by atoms with Crippen LogP contribution in [0.2, 0.25) is 10.0 Å². The van der Waals surface area contributed by atoms with Crippen LogP contribution >= 0.6 is 23.2 Å². The van der Waals surface area contributed by atoms with Gasteiger partial charge in [0.25, 0.3) is 5.91 Å². The van der Waals surface area contributed by atoms with Crippen LogP contribution < -0.4 is 5.32 Å². The Morgan fingerprint density at radius 1 is 1.00 bits per heavy atom. The molecule has 0 saturated heterocycles. The van der Waals surface area contributed by atoms with Crippen LogP contribution in [-0.2, 0) is 16.1 Å². The zero-order chi connectivity index (χ0) is 19.2. The van der Waals surface area contributed by atoms with E-state index in [1.165, 1.54) is 6.20 Å². The molecule has 2 aromatic carbocycles. The predicted octanol–water partition coefficient (Wildman–Crippen LogP) is 4.12. The van der Waals surface area contributed by atoms with E-state index in [0.29, 0.717) is 21.4 Å². The van der Waals surface area contributed by atoms with Gasteiger partial charge in [0.1, 0.15) is 6.54 Å². The molecule has 8 heteroatoms. The van der Waals surface area contributed by atoms with Gasteiger partial charge >= 0.3 is 5.97 Å². The first-order chi connectivity index (χ1) is 13.0. The molecule has 0 radical (unpaired) electrons. The van der Waals surface area contributed by atoms with E-state index in [4.69, 9.17) is 32.4 Å². The molecule has 138 valence electrons. The fourth-order valence-electron chi connectivity index (χ4n) is 2.17. The first-order valence-corrected chi connectivity index (χ1v) is 8.67. The van der Waals surface area contributed by atoms with E-state index in [-0.39, 0.29) is 19.0 Å². The summed E-state index contributed by atoms with van der Waals surface area (Å²) in [4.78, 5) is 27.8. The van der Waals surface area contributed by atoms with Crippen molar-refractivity contribution in [3.05, 3.63) is 76.2 Å². The van der Waals surface area contributed by atoms with Gasteiger partial charge in [-0.15, -0.1) is 0 Å². The highest BCUT2D eigenvalue weighted by atomic mass is 35.5. The molecule has 3 aromatic rings. The zero-order valence-corrected chi connectivity index (χ0v) is 15.5. The maximum Gasteiger partial charge on any atom is 0.325 e. The minimum absolute atomic E-state index is 0.136. The van der Waals surface area contributed by atoms with E-state index in [2.05, 4.69) is 10.3 Å². The van der Waals surface area contributed by atoms with E-state index in [1.54, 1.807) is 48.5 Å². The smallest absolute Gasteiger partial charge is 0.325 e. The number of oxazole rings is 1. The molecule has 1 amide bonds. The summed E-state index contributed by atoms with van der Waals surface area (Å²) < 4.78 is 10.6. The van der Waals surface area contributed by atoms with Gasteiger partial charge in [0.05, 0.1) is 6.20 Å². The number of nitrogens with one attached hydrogen (secondary N) is 1. The number of carbonyl (C=O) groups is 2. The van der Waals surface area contributed by atoms with Gasteiger partial charge in [0.2, 0.25) is 5.89 Å². The zero-order valence-electron chi connectivity index (χ0n) is 13.9. The maximum absolute atomic E-state index is 11.9. The number of aromatic nitrogens is 1. The highest BCUT2D eigenvalue weighted by molar-refractivity contribution is 6.30. The summed E-state index contributed by atoms with van der Waals surface area (Å²) >= 11 is 11.6. The van der Waals surface area contributed by atoms with E-state index >= 15 is 0 Å².